The SMILES string of the molecule is CCCN(CCO)c1cc(C(=O)O)c([N+](=O)[O-])cc1F. The molecular formula is C12H15FN2O5. The average molecular weight is 286 g/mol. The van der Waals surface area contributed by atoms with Crippen LogP contribution in [0.3, 0.4) is 0 Å². The zero-order chi connectivity index (χ0) is 15.3. The van der Waals surface area contributed by atoms with Gasteiger partial charge in [0.15, 0.2) is 5.82 Å². The van der Waals surface area contributed by atoms with Crippen LogP contribution in [-0.4, -0.2) is 40.8 Å². The van der Waals surface area contributed by atoms with E-state index < -0.39 is 28.0 Å². The molecule has 0 aliphatic carbocycles. The second-order valence-electron chi connectivity index (χ2n) is 4.09. The van der Waals surface area contributed by atoms with E-state index in [0.29, 0.717) is 19.0 Å². The van der Waals surface area contributed by atoms with Crippen LogP contribution in [0.2, 0.25) is 0 Å². The van der Waals surface area contributed by atoms with Crippen molar-refractivity contribution in [3.05, 3.63) is 33.6 Å². The Balaban J connectivity index is 3.36. The van der Waals surface area contributed by atoms with Gasteiger partial charge >= 0.3 is 5.97 Å². The van der Waals surface area contributed by atoms with Crippen molar-refractivity contribution < 1.29 is 24.3 Å². The number of nitrogens with zero attached hydrogens (tertiary/aromatic N) is 2. The van der Waals surface area contributed by atoms with Crippen molar-refractivity contribution in [1.29, 1.82) is 0 Å². The van der Waals surface area contributed by atoms with Gasteiger partial charge in [-0.3, -0.25) is 10.1 Å². The lowest BCUT2D eigenvalue weighted by Crippen LogP contribution is -2.28. The van der Waals surface area contributed by atoms with E-state index in [0.717, 1.165) is 6.07 Å². The van der Waals surface area contributed by atoms with E-state index >= 15 is 0 Å². The molecule has 1 aromatic rings. The molecule has 0 heterocycles. The maximum atomic E-state index is 13.9. The maximum absolute atomic E-state index is 13.9. The van der Waals surface area contributed by atoms with Crippen molar-refractivity contribution in [2.45, 2.75) is 13.3 Å². The standard InChI is InChI=1S/C12H15FN2O5/c1-2-3-14(4-5-16)11-6-8(12(17)18)10(15(19)20)7-9(11)13/h6-7,16H,2-5H2,1H3,(H,17,18). The molecule has 0 aromatic heterocycles. The first-order valence-electron chi connectivity index (χ1n) is 5.99. The lowest BCUT2D eigenvalue weighted by Gasteiger charge is -2.24. The summed E-state index contributed by atoms with van der Waals surface area (Å²) in [6.45, 7) is 2.11. The predicted molar refractivity (Wildman–Crippen MR) is 69.6 cm³/mol. The van der Waals surface area contributed by atoms with Gasteiger partial charge in [0.2, 0.25) is 0 Å². The summed E-state index contributed by atoms with van der Waals surface area (Å²) >= 11 is 0. The highest BCUT2D eigenvalue weighted by Crippen LogP contribution is 2.28. The summed E-state index contributed by atoms with van der Waals surface area (Å²) in [7, 11) is 0. The Morgan fingerprint density at radius 1 is 1.45 bits per heavy atom. The van der Waals surface area contributed by atoms with Gasteiger partial charge in [0.05, 0.1) is 23.3 Å². The van der Waals surface area contributed by atoms with Crippen LogP contribution in [0.15, 0.2) is 12.1 Å². The molecule has 0 fully saturated rings. The molecule has 0 aliphatic rings. The summed E-state index contributed by atoms with van der Waals surface area (Å²) in [6, 6.07) is 1.53. The van der Waals surface area contributed by atoms with Crippen LogP contribution in [0.5, 0.6) is 0 Å². The number of rotatable bonds is 7. The third-order valence-electron chi connectivity index (χ3n) is 2.70. The van der Waals surface area contributed by atoms with E-state index in [1.54, 1.807) is 0 Å². The third-order valence-corrected chi connectivity index (χ3v) is 2.70. The van der Waals surface area contributed by atoms with E-state index in [2.05, 4.69) is 0 Å². The van der Waals surface area contributed by atoms with Gasteiger partial charge in [0.1, 0.15) is 5.56 Å². The minimum Gasteiger partial charge on any atom is -0.477 e. The second-order valence-corrected chi connectivity index (χ2v) is 4.09. The number of aromatic carboxylic acids is 1. The van der Waals surface area contributed by atoms with Crippen LogP contribution in [0.4, 0.5) is 15.8 Å². The number of nitro groups is 1. The Labute approximate surface area is 114 Å². The fraction of sp³-hybridized carbons (Fsp3) is 0.417. The molecule has 1 rings (SSSR count). The predicted octanol–water partition coefficient (Wildman–Crippen LogP) is 1.64. The smallest absolute Gasteiger partial charge is 0.342 e. The fourth-order valence-corrected chi connectivity index (χ4v) is 1.86. The summed E-state index contributed by atoms with van der Waals surface area (Å²) in [5.41, 5.74) is -1.44. The largest absolute Gasteiger partial charge is 0.477 e. The zero-order valence-electron chi connectivity index (χ0n) is 10.9. The summed E-state index contributed by atoms with van der Waals surface area (Å²) in [5.74, 6) is -2.39. The molecule has 1 aromatic carbocycles. The molecule has 2 N–H and O–H groups in total. The normalized spacial score (nSPS) is 10.3. The van der Waals surface area contributed by atoms with Crippen molar-refractivity contribution in [2.75, 3.05) is 24.6 Å². The van der Waals surface area contributed by atoms with Crippen molar-refractivity contribution in [3.63, 3.8) is 0 Å². The highest BCUT2D eigenvalue weighted by molar-refractivity contribution is 5.93. The van der Waals surface area contributed by atoms with Crippen LogP contribution in [0.25, 0.3) is 0 Å². The van der Waals surface area contributed by atoms with E-state index in [1.165, 1.54) is 4.90 Å². The van der Waals surface area contributed by atoms with E-state index in [9.17, 15) is 19.3 Å². The molecule has 20 heavy (non-hydrogen) atoms. The van der Waals surface area contributed by atoms with E-state index in [1.807, 2.05) is 6.92 Å². The van der Waals surface area contributed by atoms with Crippen molar-refractivity contribution in [3.8, 4) is 0 Å². The number of carboxylic acids is 1. The first-order chi connectivity index (χ1) is 9.42. The molecule has 0 aliphatic heterocycles. The van der Waals surface area contributed by atoms with E-state index in [-0.39, 0.29) is 18.8 Å². The fourth-order valence-electron chi connectivity index (χ4n) is 1.86. The summed E-state index contributed by atoms with van der Waals surface area (Å²) < 4.78 is 13.9. The minimum atomic E-state index is -1.50. The van der Waals surface area contributed by atoms with Gasteiger partial charge < -0.3 is 15.1 Å². The zero-order valence-corrected chi connectivity index (χ0v) is 10.9. The van der Waals surface area contributed by atoms with Gasteiger partial charge in [-0.2, -0.15) is 0 Å². The Bertz CT molecular complexity index is 515. The molecule has 0 saturated heterocycles. The van der Waals surface area contributed by atoms with Crippen LogP contribution < -0.4 is 4.90 Å². The molecule has 7 nitrogen and oxygen atoms in total. The molecule has 0 bridgehead atoms. The molecule has 8 heteroatoms. The lowest BCUT2D eigenvalue weighted by molar-refractivity contribution is -0.385. The molecule has 0 unspecified atom stereocenters. The van der Waals surface area contributed by atoms with Crippen molar-refractivity contribution >= 4 is 17.3 Å². The quantitative estimate of drug-likeness (QED) is 0.583. The topological polar surface area (TPSA) is 104 Å². The number of carbonyl (C=O) groups is 1. The van der Waals surface area contributed by atoms with E-state index in [4.69, 9.17) is 10.2 Å². The molecule has 0 spiro atoms. The first-order valence-corrected chi connectivity index (χ1v) is 5.99. The number of benzene rings is 1. The van der Waals surface area contributed by atoms with Crippen LogP contribution in [-0.2, 0) is 0 Å². The molecular weight excluding hydrogens is 271 g/mol. The van der Waals surface area contributed by atoms with Crippen molar-refractivity contribution in [2.24, 2.45) is 0 Å². The first kappa shape index (κ1) is 15.8. The van der Waals surface area contributed by atoms with Crippen molar-refractivity contribution in [1.82, 2.24) is 0 Å². The molecule has 0 saturated carbocycles. The number of hydrogen-bond acceptors (Lipinski definition) is 5. The minimum absolute atomic E-state index is 0.0658. The maximum Gasteiger partial charge on any atom is 0.342 e. The molecule has 0 atom stereocenters. The monoisotopic (exact) mass is 286 g/mol. The number of nitro benzene ring substituents is 1. The van der Waals surface area contributed by atoms with Crippen LogP contribution >= 0.6 is 0 Å². The molecule has 0 amide bonds. The number of anilines is 1. The Kier molecular flexibility index (Phi) is 5.39. The number of aliphatic hydroxyl groups excluding tert-OH is 1. The average Bonchev–Trinajstić information content (AvgIpc) is 2.37. The summed E-state index contributed by atoms with van der Waals surface area (Å²) in [6.07, 6.45) is 0.652. The summed E-state index contributed by atoms with van der Waals surface area (Å²) in [5, 5.41) is 28.7. The Morgan fingerprint density at radius 2 is 2.10 bits per heavy atom. The van der Waals surface area contributed by atoms with Gasteiger partial charge in [0.25, 0.3) is 5.69 Å². The third kappa shape index (κ3) is 3.41. The van der Waals surface area contributed by atoms with Gasteiger partial charge in [-0.05, 0) is 12.5 Å². The lowest BCUT2D eigenvalue weighted by atomic mass is 10.1. The number of carboxylic acid groups (broad SMARTS) is 1. The van der Waals surface area contributed by atoms with Gasteiger partial charge in [-0.15, -0.1) is 0 Å². The van der Waals surface area contributed by atoms with Crippen LogP contribution in [0.1, 0.15) is 23.7 Å². The van der Waals surface area contributed by atoms with Gasteiger partial charge in [0, 0.05) is 13.1 Å². The highest BCUT2D eigenvalue weighted by Gasteiger charge is 2.25. The van der Waals surface area contributed by atoms with Gasteiger partial charge in [-0.1, -0.05) is 6.92 Å². The van der Waals surface area contributed by atoms with Gasteiger partial charge in [-0.25, -0.2) is 9.18 Å². The number of halogens is 1. The Morgan fingerprint density at radius 3 is 2.55 bits per heavy atom. The summed E-state index contributed by atoms with van der Waals surface area (Å²) in [4.78, 5) is 22.3. The number of aliphatic hydroxyl groups is 1. The molecule has 110 valence electrons. The number of hydrogen-bond donors (Lipinski definition) is 2. The Hall–Kier alpha value is -2.22. The van der Waals surface area contributed by atoms with Crippen LogP contribution in [0, 0.1) is 15.9 Å². The second kappa shape index (κ2) is 6.80. The molecule has 0 radical (unpaired) electrons. The highest BCUT2D eigenvalue weighted by atomic mass is 19.1.